The average Bonchev–Trinajstić information content (AvgIpc) is 3.20. The van der Waals surface area contributed by atoms with Gasteiger partial charge >= 0.3 is 5.97 Å². The molecule has 3 N–H and O–H groups in total. The number of hydrogen-bond acceptors (Lipinski definition) is 3. The van der Waals surface area contributed by atoms with Crippen LogP contribution in [0.25, 0.3) is 16.6 Å². The normalized spacial score (nSPS) is 12.4. The molecule has 28 heavy (non-hydrogen) atoms. The molecule has 0 bridgehead atoms. The minimum Gasteiger partial charge on any atom is -0.480 e. The molecular weight excluding hydrogens is 356 g/mol. The number of fused-ring (bicyclic) bond motifs is 2. The van der Waals surface area contributed by atoms with E-state index in [0.29, 0.717) is 17.0 Å². The fourth-order valence-electron chi connectivity index (χ4n) is 3.48. The van der Waals surface area contributed by atoms with Crippen LogP contribution in [0.3, 0.4) is 0 Å². The Hall–Kier alpha value is -3.61. The minimum absolute atomic E-state index is 0.181. The highest BCUT2D eigenvalue weighted by atomic mass is 16.4. The third-order valence-electron chi connectivity index (χ3n) is 4.87. The number of para-hydroxylation sites is 1. The SMILES string of the molecule is Cc1ccn2c(C(=O)NC(Cc3c[nH]c4ccccc34)C(=O)O)c(C)nc2c1. The summed E-state index contributed by atoms with van der Waals surface area (Å²) in [6, 6.07) is 10.4. The number of pyridine rings is 1. The summed E-state index contributed by atoms with van der Waals surface area (Å²) in [5.41, 5.74) is 4.37. The molecule has 1 aromatic carbocycles. The van der Waals surface area contributed by atoms with Gasteiger partial charge in [0.25, 0.3) is 5.91 Å². The number of carbonyl (C=O) groups is 2. The highest BCUT2D eigenvalue weighted by Crippen LogP contribution is 2.20. The van der Waals surface area contributed by atoms with Crippen molar-refractivity contribution in [2.24, 2.45) is 0 Å². The van der Waals surface area contributed by atoms with Gasteiger partial charge in [-0.1, -0.05) is 18.2 Å². The number of aromatic amines is 1. The lowest BCUT2D eigenvalue weighted by atomic mass is 10.0. The molecule has 0 radical (unpaired) electrons. The number of amides is 1. The predicted molar refractivity (Wildman–Crippen MR) is 106 cm³/mol. The van der Waals surface area contributed by atoms with Crippen LogP contribution in [-0.2, 0) is 11.2 Å². The number of hydrogen-bond donors (Lipinski definition) is 3. The second kappa shape index (κ2) is 6.84. The summed E-state index contributed by atoms with van der Waals surface area (Å²) >= 11 is 0. The number of carboxylic acid groups (broad SMARTS) is 1. The molecule has 0 spiro atoms. The topological polar surface area (TPSA) is 99.5 Å². The number of aliphatic carboxylic acids is 1. The molecule has 1 amide bonds. The fraction of sp³-hybridized carbons (Fsp3) is 0.190. The standard InChI is InChI=1S/C21H20N4O3/c1-12-7-8-25-18(9-12)23-13(2)19(25)20(26)24-17(21(27)28)10-14-11-22-16-6-4-3-5-15(14)16/h3-9,11,17,22H,10H2,1-2H3,(H,24,26)(H,27,28). The molecule has 3 aromatic heterocycles. The van der Waals surface area contributed by atoms with Gasteiger partial charge in [0.2, 0.25) is 0 Å². The van der Waals surface area contributed by atoms with Crippen molar-refractivity contribution in [3.8, 4) is 0 Å². The van der Waals surface area contributed by atoms with Crippen molar-refractivity contribution in [2.75, 3.05) is 0 Å². The van der Waals surface area contributed by atoms with Crippen LogP contribution in [0.4, 0.5) is 0 Å². The van der Waals surface area contributed by atoms with Crippen LogP contribution in [0.5, 0.6) is 0 Å². The van der Waals surface area contributed by atoms with Gasteiger partial charge in [-0.3, -0.25) is 9.20 Å². The van der Waals surface area contributed by atoms with Crippen LogP contribution < -0.4 is 5.32 Å². The van der Waals surface area contributed by atoms with Crippen molar-refractivity contribution in [1.29, 1.82) is 0 Å². The summed E-state index contributed by atoms with van der Waals surface area (Å²) in [5, 5.41) is 13.3. The van der Waals surface area contributed by atoms with Crippen molar-refractivity contribution < 1.29 is 14.7 Å². The zero-order valence-electron chi connectivity index (χ0n) is 15.6. The van der Waals surface area contributed by atoms with Gasteiger partial charge in [-0.2, -0.15) is 0 Å². The zero-order chi connectivity index (χ0) is 19.8. The van der Waals surface area contributed by atoms with Crippen molar-refractivity contribution in [1.82, 2.24) is 19.7 Å². The van der Waals surface area contributed by atoms with Crippen LogP contribution >= 0.6 is 0 Å². The molecule has 0 aliphatic rings. The quantitative estimate of drug-likeness (QED) is 0.499. The van der Waals surface area contributed by atoms with Gasteiger partial charge in [0.05, 0.1) is 5.69 Å². The summed E-state index contributed by atoms with van der Waals surface area (Å²) in [5.74, 6) is -1.54. The van der Waals surface area contributed by atoms with E-state index >= 15 is 0 Å². The summed E-state index contributed by atoms with van der Waals surface area (Å²) in [6.07, 6.45) is 3.74. The Balaban J connectivity index is 1.63. The Kier molecular flexibility index (Phi) is 4.35. The van der Waals surface area contributed by atoms with E-state index < -0.39 is 17.9 Å². The molecule has 0 fully saturated rings. The minimum atomic E-state index is -1.08. The Bertz CT molecular complexity index is 1210. The Labute approximate surface area is 161 Å². The molecule has 0 saturated carbocycles. The first kappa shape index (κ1) is 17.8. The van der Waals surface area contributed by atoms with Gasteiger partial charge in [0.15, 0.2) is 0 Å². The van der Waals surface area contributed by atoms with E-state index in [4.69, 9.17) is 0 Å². The summed E-state index contributed by atoms with van der Waals surface area (Å²) in [6.45, 7) is 3.69. The number of benzene rings is 1. The van der Waals surface area contributed by atoms with E-state index in [9.17, 15) is 14.7 Å². The number of H-pyrrole nitrogens is 1. The van der Waals surface area contributed by atoms with Gasteiger partial charge in [0.1, 0.15) is 17.4 Å². The molecular formula is C21H20N4O3. The highest BCUT2D eigenvalue weighted by Gasteiger charge is 2.25. The first-order chi connectivity index (χ1) is 13.4. The number of nitrogens with zero attached hydrogens (tertiary/aromatic N) is 2. The van der Waals surface area contributed by atoms with E-state index in [2.05, 4.69) is 15.3 Å². The molecule has 0 saturated heterocycles. The molecule has 142 valence electrons. The van der Waals surface area contributed by atoms with E-state index in [1.54, 1.807) is 23.7 Å². The maximum atomic E-state index is 12.9. The lowest BCUT2D eigenvalue weighted by Crippen LogP contribution is -2.42. The fourth-order valence-corrected chi connectivity index (χ4v) is 3.48. The predicted octanol–water partition coefficient (Wildman–Crippen LogP) is 2.86. The Morgan fingerprint density at radius 3 is 2.82 bits per heavy atom. The largest absolute Gasteiger partial charge is 0.480 e. The van der Waals surface area contributed by atoms with E-state index in [1.807, 2.05) is 43.3 Å². The lowest BCUT2D eigenvalue weighted by Gasteiger charge is -2.14. The summed E-state index contributed by atoms with van der Waals surface area (Å²) in [7, 11) is 0. The number of aromatic nitrogens is 3. The smallest absolute Gasteiger partial charge is 0.326 e. The van der Waals surface area contributed by atoms with Crippen LogP contribution in [0.15, 0.2) is 48.8 Å². The molecule has 7 heteroatoms. The maximum absolute atomic E-state index is 12.9. The van der Waals surface area contributed by atoms with Crippen LogP contribution in [0, 0.1) is 13.8 Å². The van der Waals surface area contributed by atoms with Gasteiger partial charge < -0.3 is 15.4 Å². The highest BCUT2D eigenvalue weighted by molar-refractivity contribution is 5.97. The molecule has 7 nitrogen and oxygen atoms in total. The summed E-state index contributed by atoms with van der Waals surface area (Å²) < 4.78 is 1.68. The van der Waals surface area contributed by atoms with Gasteiger partial charge in [0, 0.05) is 29.7 Å². The first-order valence-corrected chi connectivity index (χ1v) is 8.98. The second-order valence-electron chi connectivity index (χ2n) is 6.91. The third kappa shape index (κ3) is 3.11. The number of nitrogens with one attached hydrogen (secondary N) is 2. The Morgan fingerprint density at radius 1 is 1.25 bits per heavy atom. The van der Waals surface area contributed by atoms with Gasteiger partial charge in [-0.25, -0.2) is 9.78 Å². The average molecular weight is 376 g/mol. The van der Waals surface area contributed by atoms with Crippen molar-refractivity contribution >= 4 is 28.4 Å². The molecule has 1 unspecified atom stereocenters. The van der Waals surface area contributed by atoms with Crippen LogP contribution in [-0.4, -0.2) is 37.4 Å². The molecule has 1 atom stereocenters. The monoisotopic (exact) mass is 376 g/mol. The number of carbonyl (C=O) groups excluding carboxylic acids is 1. The zero-order valence-corrected chi connectivity index (χ0v) is 15.6. The van der Waals surface area contributed by atoms with Crippen molar-refractivity contribution in [3.05, 3.63) is 71.3 Å². The summed E-state index contributed by atoms with van der Waals surface area (Å²) in [4.78, 5) is 32.2. The van der Waals surface area contributed by atoms with Crippen LogP contribution in [0.1, 0.15) is 27.3 Å². The first-order valence-electron chi connectivity index (χ1n) is 8.98. The molecule has 4 aromatic rings. The molecule has 3 heterocycles. The molecule has 0 aliphatic heterocycles. The Morgan fingerprint density at radius 2 is 2.04 bits per heavy atom. The molecule has 0 aliphatic carbocycles. The number of carboxylic acids is 1. The van der Waals surface area contributed by atoms with Crippen molar-refractivity contribution in [3.63, 3.8) is 0 Å². The number of rotatable bonds is 5. The van der Waals surface area contributed by atoms with Crippen molar-refractivity contribution in [2.45, 2.75) is 26.3 Å². The van der Waals surface area contributed by atoms with Crippen LogP contribution in [0.2, 0.25) is 0 Å². The van der Waals surface area contributed by atoms with E-state index in [0.717, 1.165) is 22.0 Å². The van der Waals surface area contributed by atoms with Gasteiger partial charge in [-0.15, -0.1) is 0 Å². The lowest BCUT2D eigenvalue weighted by molar-refractivity contribution is -0.139. The number of imidazole rings is 1. The van der Waals surface area contributed by atoms with E-state index in [-0.39, 0.29) is 6.42 Å². The van der Waals surface area contributed by atoms with E-state index in [1.165, 1.54) is 0 Å². The number of aryl methyl sites for hydroxylation is 2. The van der Waals surface area contributed by atoms with Gasteiger partial charge in [-0.05, 0) is 43.2 Å². The third-order valence-corrected chi connectivity index (χ3v) is 4.87. The second-order valence-corrected chi connectivity index (χ2v) is 6.91. The molecule has 4 rings (SSSR count). The maximum Gasteiger partial charge on any atom is 0.326 e.